The largest absolute Gasteiger partial charge is 0.462 e. The molecule has 0 amide bonds. The second-order valence-electron chi connectivity index (χ2n) is 18.3. The molecule has 58 heavy (non-hydrogen) atoms. The standard InChI is InChI=1S/C52H100O6/c1-5-7-9-11-13-15-16-20-25-29-33-37-41-45-52(55)58-49(46-56-50(53)43-39-35-31-26-14-12-10-8-6-2)47-57-51(54)44-40-36-32-28-24-22-19-17-18-21-23-27-30-34-38-42-48(3)4/h48-49H,5-47H2,1-4H3/t49-/m1/s1. The molecule has 0 heterocycles. The van der Waals surface area contributed by atoms with Crippen LogP contribution in [0.4, 0.5) is 0 Å². The lowest BCUT2D eigenvalue weighted by Gasteiger charge is -2.18. The lowest BCUT2D eigenvalue weighted by atomic mass is 10.0. The number of carbonyl (C=O) groups is 3. The van der Waals surface area contributed by atoms with Gasteiger partial charge < -0.3 is 14.2 Å². The molecule has 0 N–H and O–H groups in total. The normalized spacial score (nSPS) is 11.9. The van der Waals surface area contributed by atoms with Crippen LogP contribution in [0.1, 0.15) is 291 Å². The summed E-state index contributed by atoms with van der Waals surface area (Å²) >= 11 is 0. The van der Waals surface area contributed by atoms with Crippen LogP contribution < -0.4 is 0 Å². The number of unbranched alkanes of at least 4 members (excludes halogenated alkanes) is 34. The van der Waals surface area contributed by atoms with Gasteiger partial charge in [0, 0.05) is 19.3 Å². The fourth-order valence-corrected chi connectivity index (χ4v) is 7.86. The number of hydrogen-bond donors (Lipinski definition) is 0. The highest BCUT2D eigenvalue weighted by atomic mass is 16.6. The summed E-state index contributed by atoms with van der Waals surface area (Å²) < 4.78 is 16.8. The molecule has 0 aromatic rings. The van der Waals surface area contributed by atoms with Crippen molar-refractivity contribution in [3.8, 4) is 0 Å². The van der Waals surface area contributed by atoms with Crippen LogP contribution in [-0.2, 0) is 28.6 Å². The molecule has 0 aliphatic rings. The molecular weight excluding hydrogens is 721 g/mol. The minimum atomic E-state index is -0.759. The Bertz CT molecular complexity index is 872. The predicted octanol–water partition coefficient (Wildman–Crippen LogP) is 16.7. The van der Waals surface area contributed by atoms with Crippen molar-refractivity contribution in [3.63, 3.8) is 0 Å². The van der Waals surface area contributed by atoms with Gasteiger partial charge in [-0.25, -0.2) is 0 Å². The van der Waals surface area contributed by atoms with E-state index in [1.54, 1.807) is 0 Å². The van der Waals surface area contributed by atoms with Gasteiger partial charge in [0.05, 0.1) is 0 Å². The molecule has 0 spiro atoms. The fraction of sp³-hybridized carbons (Fsp3) is 0.942. The Balaban J connectivity index is 4.23. The van der Waals surface area contributed by atoms with Gasteiger partial charge in [-0.3, -0.25) is 14.4 Å². The van der Waals surface area contributed by atoms with Crippen LogP contribution >= 0.6 is 0 Å². The Morgan fingerprint density at radius 1 is 0.328 bits per heavy atom. The van der Waals surface area contributed by atoms with Crippen LogP contribution in [0.3, 0.4) is 0 Å². The van der Waals surface area contributed by atoms with Crippen molar-refractivity contribution in [1.82, 2.24) is 0 Å². The molecule has 1 atom stereocenters. The summed E-state index contributed by atoms with van der Waals surface area (Å²) in [4.78, 5) is 37.8. The van der Waals surface area contributed by atoms with Crippen LogP contribution in [0.5, 0.6) is 0 Å². The van der Waals surface area contributed by atoms with E-state index >= 15 is 0 Å². The van der Waals surface area contributed by atoms with E-state index in [2.05, 4.69) is 27.7 Å². The molecule has 0 aliphatic heterocycles. The van der Waals surface area contributed by atoms with Crippen molar-refractivity contribution in [2.75, 3.05) is 13.2 Å². The number of ether oxygens (including phenoxy) is 3. The SMILES string of the molecule is CCCCCCCCCCCCCCCC(=O)O[C@H](COC(=O)CCCCCCCCCCC)COC(=O)CCCCCCCCCCCCCCCCCC(C)C. The second-order valence-corrected chi connectivity index (χ2v) is 18.3. The highest BCUT2D eigenvalue weighted by Crippen LogP contribution is 2.17. The van der Waals surface area contributed by atoms with Gasteiger partial charge in [0.1, 0.15) is 13.2 Å². The van der Waals surface area contributed by atoms with Crippen LogP contribution in [0.2, 0.25) is 0 Å². The minimum Gasteiger partial charge on any atom is -0.462 e. The zero-order valence-corrected chi connectivity index (χ0v) is 39.5. The van der Waals surface area contributed by atoms with E-state index in [1.807, 2.05) is 0 Å². The first-order valence-electron chi connectivity index (χ1n) is 25.9. The molecule has 0 unspecified atom stereocenters. The van der Waals surface area contributed by atoms with Crippen LogP contribution in [0.15, 0.2) is 0 Å². The molecule has 6 heteroatoms. The van der Waals surface area contributed by atoms with E-state index < -0.39 is 6.10 Å². The zero-order valence-electron chi connectivity index (χ0n) is 39.5. The van der Waals surface area contributed by atoms with Gasteiger partial charge >= 0.3 is 17.9 Å². The Morgan fingerprint density at radius 2 is 0.569 bits per heavy atom. The Hall–Kier alpha value is -1.59. The average Bonchev–Trinajstić information content (AvgIpc) is 3.21. The van der Waals surface area contributed by atoms with Gasteiger partial charge in [0.2, 0.25) is 0 Å². The van der Waals surface area contributed by atoms with Gasteiger partial charge in [0.15, 0.2) is 6.10 Å². The Morgan fingerprint density at radius 3 is 0.845 bits per heavy atom. The minimum absolute atomic E-state index is 0.0627. The van der Waals surface area contributed by atoms with Crippen molar-refractivity contribution in [3.05, 3.63) is 0 Å². The molecule has 0 fully saturated rings. The van der Waals surface area contributed by atoms with E-state index in [0.717, 1.165) is 63.7 Å². The van der Waals surface area contributed by atoms with Crippen molar-refractivity contribution in [2.45, 2.75) is 297 Å². The second kappa shape index (κ2) is 46.5. The summed E-state index contributed by atoms with van der Waals surface area (Å²) in [5.41, 5.74) is 0. The van der Waals surface area contributed by atoms with Gasteiger partial charge in [0.25, 0.3) is 0 Å². The smallest absolute Gasteiger partial charge is 0.306 e. The topological polar surface area (TPSA) is 78.9 Å². The first-order chi connectivity index (χ1) is 28.4. The van der Waals surface area contributed by atoms with Crippen molar-refractivity contribution in [2.24, 2.45) is 5.92 Å². The van der Waals surface area contributed by atoms with Gasteiger partial charge in [-0.1, -0.05) is 252 Å². The van der Waals surface area contributed by atoms with E-state index in [4.69, 9.17) is 14.2 Å². The third kappa shape index (κ3) is 45.5. The van der Waals surface area contributed by atoms with Gasteiger partial charge in [-0.15, -0.1) is 0 Å². The number of rotatable bonds is 47. The molecule has 0 aromatic heterocycles. The zero-order chi connectivity index (χ0) is 42.4. The monoisotopic (exact) mass is 821 g/mol. The summed E-state index contributed by atoms with van der Waals surface area (Å²) in [6.07, 6.45) is 48.0. The molecule has 344 valence electrons. The predicted molar refractivity (Wildman–Crippen MR) is 247 cm³/mol. The van der Waals surface area contributed by atoms with E-state index in [0.29, 0.717) is 19.3 Å². The average molecular weight is 821 g/mol. The summed E-state index contributed by atoms with van der Waals surface area (Å²) in [7, 11) is 0. The highest BCUT2D eigenvalue weighted by molar-refractivity contribution is 5.71. The third-order valence-corrected chi connectivity index (χ3v) is 11.8. The molecule has 0 bridgehead atoms. The number of hydrogen-bond acceptors (Lipinski definition) is 6. The maximum atomic E-state index is 12.7. The van der Waals surface area contributed by atoms with Crippen molar-refractivity contribution >= 4 is 17.9 Å². The molecule has 0 aliphatic carbocycles. The Labute approximate surface area is 361 Å². The van der Waals surface area contributed by atoms with Crippen LogP contribution in [0, 0.1) is 5.92 Å². The molecule has 6 nitrogen and oxygen atoms in total. The number of esters is 3. The summed E-state index contributed by atoms with van der Waals surface area (Å²) in [5, 5.41) is 0. The van der Waals surface area contributed by atoms with Crippen molar-refractivity contribution in [1.29, 1.82) is 0 Å². The van der Waals surface area contributed by atoms with Crippen molar-refractivity contribution < 1.29 is 28.6 Å². The van der Waals surface area contributed by atoms with E-state index in [-0.39, 0.29) is 31.1 Å². The van der Waals surface area contributed by atoms with E-state index in [1.165, 1.54) is 186 Å². The maximum absolute atomic E-state index is 12.7. The lowest BCUT2D eigenvalue weighted by Crippen LogP contribution is -2.30. The first-order valence-corrected chi connectivity index (χ1v) is 25.9. The van der Waals surface area contributed by atoms with Gasteiger partial charge in [-0.05, 0) is 25.2 Å². The molecule has 0 saturated carbocycles. The van der Waals surface area contributed by atoms with Gasteiger partial charge in [-0.2, -0.15) is 0 Å². The molecule has 0 rings (SSSR count). The highest BCUT2D eigenvalue weighted by Gasteiger charge is 2.19. The van der Waals surface area contributed by atoms with Crippen LogP contribution in [0.25, 0.3) is 0 Å². The third-order valence-electron chi connectivity index (χ3n) is 11.8. The fourth-order valence-electron chi connectivity index (χ4n) is 7.86. The molecule has 0 saturated heterocycles. The lowest BCUT2D eigenvalue weighted by molar-refractivity contribution is -0.167. The maximum Gasteiger partial charge on any atom is 0.306 e. The quantitative estimate of drug-likeness (QED) is 0.0346. The summed E-state index contributed by atoms with van der Waals surface area (Å²) in [5.74, 6) is 0.00252. The Kier molecular flexibility index (Phi) is 45.2. The molecule has 0 aromatic carbocycles. The molecule has 0 radical (unpaired) electrons. The summed E-state index contributed by atoms with van der Waals surface area (Å²) in [6.45, 7) is 9.02. The number of carbonyl (C=O) groups excluding carboxylic acids is 3. The first kappa shape index (κ1) is 56.4. The van der Waals surface area contributed by atoms with Crippen LogP contribution in [-0.4, -0.2) is 37.2 Å². The summed E-state index contributed by atoms with van der Waals surface area (Å²) in [6, 6.07) is 0. The van der Waals surface area contributed by atoms with E-state index in [9.17, 15) is 14.4 Å². The molecular formula is C52H100O6.